The molecule has 1 atom stereocenters. The second kappa shape index (κ2) is 11.3. The van der Waals surface area contributed by atoms with Crippen LogP contribution >= 0.6 is 11.6 Å². The number of hydrogen-bond acceptors (Lipinski definition) is 4. The molecule has 0 aliphatic carbocycles. The second-order valence-electron chi connectivity index (χ2n) is 7.11. The molecular formula is C20H31ClN4O2. The summed E-state index contributed by atoms with van der Waals surface area (Å²) in [6.45, 7) is 9.21. The second-order valence-corrected chi connectivity index (χ2v) is 7.52. The smallest absolute Gasteiger partial charge is 0.234 e. The van der Waals surface area contributed by atoms with Gasteiger partial charge in [0, 0.05) is 56.8 Å². The van der Waals surface area contributed by atoms with Crippen LogP contribution in [0.2, 0.25) is 5.02 Å². The van der Waals surface area contributed by atoms with Crippen molar-refractivity contribution in [3.8, 4) is 0 Å². The van der Waals surface area contributed by atoms with Gasteiger partial charge in [-0.15, -0.1) is 0 Å². The number of hydrogen-bond donors (Lipinski definition) is 2. The van der Waals surface area contributed by atoms with Gasteiger partial charge in [0.2, 0.25) is 11.8 Å². The summed E-state index contributed by atoms with van der Waals surface area (Å²) < 4.78 is 0. The molecule has 2 rings (SSSR count). The maximum Gasteiger partial charge on any atom is 0.234 e. The van der Waals surface area contributed by atoms with Crippen LogP contribution < -0.4 is 10.6 Å². The number of piperazine rings is 1. The zero-order chi connectivity index (χ0) is 19.6. The van der Waals surface area contributed by atoms with Gasteiger partial charge in [0.25, 0.3) is 0 Å². The number of amides is 2. The predicted molar refractivity (Wildman–Crippen MR) is 109 cm³/mol. The molecule has 1 heterocycles. The Balaban J connectivity index is 1.61. The molecule has 0 spiro atoms. The highest BCUT2D eigenvalue weighted by Crippen LogP contribution is 2.14. The van der Waals surface area contributed by atoms with E-state index in [4.69, 9.17) is 11.6 Å². The highest BCUT2D eigenvalue weighted by molar-refractivity contribution is 6.31. The van der Waals surface area contributed by atoms with Crippen LogP contribution in [0.4, 0.5) is 0 Å². The van der Waals surface area contributed by atoms with Crippen LogP contribution in [0.3, 0.4) is 0 Å². The molecule has 150 valence electrons. The van der Waals surface area contributed by atoms with E-state index in [1.54, 1.807) is 0 Å². The predicted octanol–water partition coefficient (Wildman–Crippen LogP) is 1.88. The van der Waals surface area contributed by atoms with Crippen LogP contribution in [0.25, 0.3) is 0 Å². The maximum atomic E-state index is 12.1. The maximum absolute atomic E-state index is 12.1. The Kier molecular flexibility index (Phi) is 9.04. The van der Waals surface area contributed by atoms with E-state index >= 15 is 0 Å². The molecule has 2 amide bonds. The number of halogens is 1. The molecule has 1 saturated heterocycles. The molecule has 0 radical (unpaired) electrons. The third kappa shape index (κ3) is 7.87. The molecule has 1 aliphatic rings. The fourth-order valence-electron chi connectivity index (χ4n) is 2.98. The number of carbonyl (C=O) groups excluding carboxylic acids is 2. The molecule has 2 N–H and O–H groups in total. The zero-order valence-electron chi connectivity index (χ0n) is 16.3. The van der Waals surface area contributed by atoms with Gasteiger partial charge in [-0.05, 0) is 25.0 Å². The lowest BCUT2D eigenvalue weighted by Gasteiger charge is -2.34. The van der Waals surface area contributed by atoms with Crippen molar-refractivity contribution in [2.45, 2.75) is 39.3 Å². The van der Waals surface area contributed by atoms with Crippen LogP contribution in [0.15, 0.2) is 24.3 Å². The van der Waals surface area contributed by atoms with Gasteiger partial charge >= 0.3 is 0 Å². The average Bonchev–Trinajstić information content (AvgIpc) is 2.66. The monoisotopic (exact) mass is 394 g/mol. The summed E-state index contributed by atoms with van der Waals surface area (Å²) in [5.41, 5.74) is 0.928. The average molecular weight is 395 g/mol. The Morgan fingerprint density at radius 1 is 1.11 bits per heavy atom. The number of rotatable bonds is 9. The topological polar surface area (TPSA) is 64.7 Å². The van der Waals surface area contributed by atoms with E-state index in [9.17, 15) is 9.59 Å². The zero-order valence-corrected chi connectivity index (χ0v) is 17.1. The van der Waals surface area contributed by atoms with Gasteiger partial charge in [-0.1, -0.05) is 36.7 Å². The van der Waals surface area contributed by atoms with Crippen LogP contribution in [0.1, 0.15) is 32.3 Å². The molecule has 1 unspecified atom stereocenters. The van der Waals surface area contributed by atoms with Crippen molar-refractivity contribution < 1.29 is 9.59 Å². The molecule has 0 bridgehead atoms. The van der Waals surface area contributed by atoms with Gasteiger partial charge in [-0.25, -0.2) is 0 Å². The Morgan fingerprint density at radius 2 is 1.78 bits per heavy atom. The van der Waals surface area contributed by atoms with Crippen LogP contribution in [-0.2, 0) is 16.1 Å². The minimum atomic E-state index is 0.0327. The molecule has 1 aromatic carbocycles. The fraction of sp³-hybridized carbons (Fsp3) is 0.600. The van der Waals surface area contributed by atoms with E-state index in [1.165, 1.54) is 0 Å². The van der Waals surface area contributed by atoms with Gasteiger partial charge < -0.3 is 15.5 Å². The van der Waals surface area contributed by atoms with E-state index in [0.717, 1.165) is 44.7 Å². The summed E-state index contributed by atoms with van der Waals surface area (Å²) in [5, 5.41) is 6.60. The molecule has 6 nitrogen and oxygen atoms in total. The third-order valence-corrected chi connectivity index (χ3v) is 5.31. The Morgan fingerprint density at radius 3 is 2.44 bits per heavy atom. The van der Waals surface area contributed by atoms with Crippen molar-refractivity contribution in [1.82, 2.24) is 20.4 Å². The van der Waals surface area contributed by atoms with Crippen molar-refractivity contribution in [3.63, 3.8) is 0 Å². The number of nitrogens with zero attached hydrogens (tertiary/aromatic N) is 2. The standard InChI is InChI=1S/C20H31ClN4O2/c1-3-16(2)23-20(27)15-25-12-10-24(11-13-25)9-8-19(26)22-14-17-6-4-5-7-18(17)21/h4-7,16H,3,8-15H2,1-2H3,(H,22,26)(H,23,27). The molecule has 0 aromatic heterocycles. The summed E-state index contributed by atoms with van der Waals surface area (Å²) in [4.78, 5) is 28.5. The Hall–Kier alpha value is -1.63. The molecule has 1 aliphatic heterocycles. The van der Waals surface area contributed by atoms with E-state index in [0.29, 0.717) is 24.5 Å². The fourth-order valence-corrected chi connectivity index (χ4v) is 3.18. The number of benzene rings is 1. The molecule has 27 heavy (non-hydrogen) atoms. The lowest BCUT2D eigenvalue weighted by atomic mass is 10.2. The molecule has 0 saturated carbocycles. The van der Waals surface area contributed by atoms with E-state index in [2.05, 4.69) is 27.4 Å². The van der Waals surface area contributed by atoms with E-state index < -0.39 is 0 Å². The van der Waals surface area contributed by atoms with Crippen LogP contribution in [-0.4, -0.2) is 66.9 Å². The Bertz CT molecular complexity index is 618. The minimum Gasteiger partial charge on any atom is -0.353 e. The van der Waals surface area contributed by atoms with Gasteiger partial charge in [0.05, 0.1) is 6.54 Å². The highest BCUT2D eigenvalue weighted by atomic mass is 35.5. The van der Waals surface area contributed by atoms with Crippen molar-refractivity contribution in [3.05, 3.63) is 34.9 Å². The molecule has 1 fully saturated rings. The van der Waals surface area contributed by atoms with Crippen molar-refractivity contribution >= 4 is 23.4 Å². The van der Waals surface area contributed by atoms with Gasteiger partial charge in [-0.3, -0.25) is 14.5 Å². The normalized spacial score (nSPS) is 16.7. The lowest BCUT2D eigenvalue weighted by Crippen LogP contribution is -2.50. The van der Waals surface area contributed by atoms with Crippen molar-refractivity contribution in [2.75, 3.05) is 39.3 Å². The van der Waals surface area contributed by atoms with Crippen molar-refractivity contribution in [1.29, 1.82) is 0 Å². The van der Waals surface area contributed by atoms with E-state index in [1.807, 2.05) is 31.2 Å². The van der Waals surface area contributed by atoms with Crippen molar-refractivity contribution in [2.24, 2.45) is 0 Å². The third-order valence-electron chi connectivity index (χ3n) is 4.94. The van der Waals surface area contributed by atoms with Gasteiger partial charge in [0.1, 0.15) is 0 Å². The van der Waals surface area contributed by atoms with Gasteiger partial charge in [-0.2, -0.15) is 0 Å². The largest absolute Gasteiger partial charge is 0.353 e. The minimum absolute atomic E-state index is 0.0327. The molecule has 1 aromatic rings. The summed E-state index contributed by atoms with van der Waals surface area (Å²) in [6, 6.07) is 7.76. The quantitative estimate of drug-likeness (QED) is 0.671. The summed E-state index contributed by atoms with van der Waals surface area (Å²) >= 11 is 6.10. The summed E-state index contributed by atoms with van der Waals surface area (Å²) in [5.74, 6) is 0.127. The Labute approximate surface area is 167 Å². The lowest BCUT2D eigenvalue weighted by molar-refractivity contribution is -0.123. The molecular weight excluding hydrogens is 364 g/mol. The first-order valence-electron chi connectivity index (χ1n) is 9.72. The van der Waals surface area contributed by atoms with Crippen LogP contribution in [0, 0.1) is 0 Å². The number of carbonyl (C=O) groups is 2. The van der Waals surface area contributed by atoms with Crippen LogP contribution in [0.5, 0.6) is 0 Å². The summed E-state index contributed by atoms with van der Waals surface area (Å²) in [7, 11) is 0. The molecule has 7 heteroatoms. The highest BCUT2D eigenvalue weighted by Gasteiger charge is 2.19. The van der Waals surface area contributed by atoms with Gasteiger partial charge in [0.15, 0.2) is 0 Å². The first-order valence-corrected chi connectivity index (χ1v) is 10.1. The first-order chi connectivity index (χ1) is 13.0. The number of nitrogens with one attached hydrogen (secondary N) is 2. The summed E-state index contributed by atoms with van der Waals surface area (Å²) in [6.07, 6.45) is 1.41. The first kappa shape index (κ1) is 21.7. The van der Waals surface area contributed by atoms with E-state index in [-0.39, 0.29) is 17.9 Å². The SMILES string of the molecule is CCC(C)NC(=O)CN1CCN(CCC(=O)NCc2ccccc2Cl)CC1.